The largest absolute Gasteiger partial charge is 0.382 e. The number of nitrogens with one attached hydrogen (secondary N) is 1. The Labute approximate surface area is 110 Å². The molecular weight excluding hydrogens is 251 g/mol. The normalized spacial score (nSPS) is 15.6. The molecule has 2 rings (SSSR count). The van der Waals surface area contributed by atoms with E-state index in [-0.39, 0.29) is 5.69 Å². The lowest BCUT2D eigenvalue weighted by atomic mass is 10.2. The summed E-state index contributed by atoms with van der Waals surface area (Å²) < 4.78 is 18.8. The number of anilines is 1. The summed E-state index contributed by atoms with van der Waals surface area (Å²) in [7, 11) is 0. The maximum absolute atomic E-state index is 13.2. The van der Waals surface area contributed by atoms with E-state index in [2.05, 4.69) is 5.32 Å². The molecule has 0 radical (unpaired) electrons. The molecule has 0 spiro atoms. The highest BCUT2D eigenvalue weighted by atomic mass is 19.1. The van der Waals surface area contributed by atoms with Crippen LogP contribution in [0.3, 0.4) is 0 Å². The fourth-order valence-electron chi connectivity index (χ4n) is 2.26. The highest BCUT2D eigenvalue weighted by Crippen LogP contribution is 2.21. The van der Waals surface area contributed by atoms with Crippen molar-refractivity contribution in [1.29, 1.82) is 0 Å². The monoisotopic (exact) mass is 268 g/mol. The first kappa shape index (κ1) is 13.7. The molecular formula is C13H17FN2O3. The molecule has 0 bridgehead atoms. The van der Waals surface area contributed by atoms with Gasteiger partial charge in [-0.3, -0.25) is 10.1 Å². The van der Waals surface area contributed by atoms with E-state index < -0.39 is 10.7 Å². The van der Waals surface area contributed by atoms with Crippen molar-refractivity contribution in [2.45, 2.75) is 31.8 Å². The van der Waals surface area contributed by atoms with Crippen molar-refractivity contribution in [3.8, 4) is 0 Å². The van der Waals surface area contributed by atoms with Gasteiger partial charge in [-0.25, -0.2) is 4.39 Å². The molecule has 19 heavy (non-hydrogen) atoms. The quantitative estimate of drug-likeness (QED) is 0.489. The van der Waals surface area contributed by atoms with E-state index in [1.807, 2.05) is 0 Å². The molecule has 1 aromatic rings. The summed E-state index contributed by atoms with van der Waals surface area (Å²) in [6.07, 6.45) is 4.97. The van der Waals surface area contributed by atoms with Crippen molar-refractivity contribution in [3.05, 3.63) is 34.1 Å². The number of nitro benzene ring substituents is 1. The van der Waals surface area contributed by atoms with Crippen LogP contribution in [0.1, 0.15) is 25.7 Å². The molecule has 1 fully saturated rings. The van der Waals surface area contributed by atoms with Crippen LogP contribution in [-0.4, -0.2) is 24.2 Å². The fraction of sp³-hybridized carbons (Fsp3) is 0.538. The molecule has 104 valence electrons. The minimum Gasteiger partial charge on any atom is -0.382 e. The van der Waals surface area contributed by atoms with Crippen LogP contribution in [-0.2, 0) is 4.74 Å². The second kappa shape index (κ2) is 6.47. The van der Waals surface area contributed by atoms with Crippen molar-refractivity contribution in [1.82, 2.24) is 0 Å². The molecule has 5 nitrogen and oxygen atoms in total. The number of hydrogen-bond donors (Lipinski definition) is 1. The van der Waals surface area contributed by atoms with Crippen molar-refractivity contribution in [2.75, 3.05) is 18.5 Å². The molecule has 6 heteroatoms. The molecule has 0 atom stereocenters. The van der Waals surface area contributed by atoms with E-state index >= 15 is 0 Å². The van der Waals surface area contributed by atoms with Crippen LogP contribution in [0.4, 0.5) is 15.8 Å². The molecule has 1 aliphatic carbocycles. The van der Waals surface area contributed by atoms with Crippen LogP contribution in [0.15, 0.2) is 18.2 Å². The Hall–Kier alpha value is -1.69. The van der Waals surface area contributed by atoms with E-state index in [1.165, 1.54) is 25.0 Å². The molecule has 1 N–H and O–H groups in total. The van der Waals surface area contributed by atoms with Crippen LogP contribution >= 0.6 is 0 Å². The zero-order valence-corrected chi connectivity index (χ0v) is 10.6. The predicted octanol–water partition coefficient (Wildman–Crippen LogP) is 3.11. The Bertz CT molecular complexity index is 448. The molecule has 0 amide bonds. The Morgan fingerprint density at radius 1 is 1.37 bits per heavy atom. The number of halogens is 1. The summed E-state index contributed by atoms with van der Waals surface area (Å²) in [5.41, 5.74) is 0.154. The zero-order valence-electron chi connectivity index (χ0n) is 10.6. The summed E-state index contributed by atoms with van der Waals surface area (Å²) in [5, 5.41) is 13.5. The Morgan fingerprint density at radius 2 is 2.11 bits per heavy atom. The molecule has 0 aliphatic heterocycles. The van der Waals surface area contributed by atoms with Gasteiger partial charge in [0.15, 0.2) is 0 Å². The predicted molar refractivity (Wildman–Crippen MR) is 69.8 cm³/mol. The fourth-order valence-corrected chi connectivity index (χ4v) is 2.26. The van der Waals surface area contributed by atoms with Crippen LogP contribution in [0, 0.1) is 15.9 Å². The van der Waals surface area contributed by atoms with Crippen molar-refractivity contribution >= 4 is 11.4 Å². The van der Waals surface area contributed by atoms with E-state index in [0.717, 1.165) is 18.9 Å². The van der Waals surface area contributed by atoms with Gasteiger partial charge in [-0.15, -0.1) is 0 Å². The maximum Gasteiger partial charge on any atom is 0.274 e. The van der Waals surface area contributed by atoms with Crippen LogP contribution < -0.4 is 5.32 Å². The number of non-ortho nitro benzene ring substituents is 1. The number of rotatable bonds is 6. The van der Waals surface area contributed by atoms with E-state index in [9.17, 15) is 14.5 Å². The summed E-state index contributed by atoms with van der Waals surface area (Å²) in [5.74, 6) is -0.617. The molecule has 0 saturated heterocycles. The van der Waals surface area contributed by atoms with E-state index in [0.29, 0.717) is 24.9 Å². The topological polar surface area (TPSA) is 64.4 Å². The standard InChI is InChI=1S/C13H17FN2O3/c14-10-7-11(9-12(8-10)16(17)18)15-5-6-19-13-3-1-2-4-13/h7-9,13,15H,1-6H2. The first-order valence-corrected chi connectivity index (χ1v) is 6.45. The average Bonchev–Trinajstić information content (AvgIpc) is 2.87. The Kier molecular flexibility index (Phi) is 4.68. The van der Waals surface area contributed by atoms with E-state index in [1.54, 1.807) is 0 Å². The SMILES string of the molecule is O=[N+]([O-])c1cc(F)cc(NCCOC2CCCC2)c1. The number of nitro groups is 1. The minimum atomic E-state index is -0.617. The average molecular weight is 268 g/mol. The smallest absolute Gasteiger partial charge is 0.274 e. The van der Waals surface area contributed by atoms with E-state index in [4.69, 9.17) is 4.74 Å². The van der Waals surface area contributed by atoms with Gasteiger partial charge in [0.05, 0.1) is 23.7 Å². The van der Waals surface area contributed by atoms with Gasteiger partial charge in [0.2, 0.25) is 0 Å². The Balaban J connectivity index is 1.80. The van der Waals surface area contributed by atoms with Gasteiger partial charge in [-0.2, -0.15) is 0 Å². The molecule has 1 aromatic carbocycles. The number of benzene rings is 1. The maximum atomic E-state index is 13.2. The van der Waals surface area contributed by atoms with Gasteiger partial charge in [0.25, 0.3) is 5.69 Å². The lowest BCUT2D eigenvalue weighted by Gasteiger charge is -2.12. The second-order valence-corrected chi connectivity index (χ2v) is 4.66. The molecule has 0 heterocycles. The minimum absolute atomic E-state index is 0.251. The van der Waals surface area contributed by atoms with Gasteiger partial charge in [0, 0.05) is 18.3 Å². The second-order valence-electron chi connectivity index (χ2n) is 4.66. The molecule has 0 aromatic heterocycles. The van der Waals surface area contributed by atoms with Crippen LogP contribution in [0.5, 0.6) is 0 Å². The Morgan fingerprint density at radius 3 is 2.79 bits per heavy atom. The number of nitrogens with zero attached hydrogens (tertiary/aromatic N) is 1. The third-order valence-electron chi connectivity index (χ3n) is 3.18. The van der Waals surface area contributed by atoms with Crippen molar-refractivity contribution < 1.29 is 14.1 Å². The summed E-state index contributed by atoms with van der Waals surface area (Å²) in [6.45, 7) is 1.03. The number of hydrogen-bond acceptors (Lipinski definition) is 4. The van der Waals surface area contributed by atoms with Gasteiger partial charge < -0.3 is 10.1 Å². The highest BCUT2D eigenvalue weighted by molar-refractivity contribution is 5.51. The first-order valence-electron chi connectivity index (χ1n) is 6.45. The van der Waals surface area contributed by atoms with Crippen molar-refractivity contribution in [3.63, 3.8) is 0 Å². The third kappa shape index (κ3) is 4.17. The van der Waals surface area contributed by atoms with Crippen LogP contribution in [0.2, 0.25) is 0 Å². The van der Waals surface area contributed by atoms with Gasteiger partial charge in [0.1, 0.15) is 5.82 Å². The first-order chi connectivity index (χ1) is 9.15. The summed E-state index contributed by atoms with van der Waals surface area (Å²) in [6, 6.07) is 3.46. The van der Waals surface area contributed by atoms with Crippen LogP contribution in [0.25, 0.3) is 0 Å². The molecule has 1 saturated carbocycles. The van der Waals surface area contributed by atoms with Gasteiger partial charge in [-0.05, 0) is 18.9 Å². The molecule has 1 aliphatic rings. The third-order valence-corrected chi connectivity index (χ3v) is 3.18. The molecule has 0 unspecified atom stereocenters. The summed E-state index contributed by atoms with van der Waals surface area (Å²) >= 11 is 0. The summed E-state index contributed by atoms with van der Waals surface area (Å²) in [4.78, 5) is 9.99. The van der Waals surface area contributed by atoms with Gasteiger partial charge >= 0.3 is 0 Å². The lowest BCUT2D eigenvalue weighted by Crippen LogP contribution is -2.15. The lowest BCUT2D eigenvalue weighted by molar-refractivity contribution is -0.385. The van der Waals surface area contributed by atoms with Gasteiger partial charge in [-0.1, -0.05) is 12.8 Å². The highest BCUT2D eigenvalue weighted by Gasteiger charge is 2.14. The van der Waals surface area contributed by atoms with Crippen molar-refractivity contribution in [2.24, 2.45) is 0 Å². The zero-order chi connectivity index (χ0) is 13.7. The number of ether oxygens (including phenoxy) is 1.